The number of halogens is 2. The fraction of sp³-hybridized carbons (Fsp3) is 0.467. The van der Waals surface area contributed by atoms with Crippen LogP contribution in [0, 0.1) is 0 Å². The van der Waals surface area contributed by atoms with Crippen LogP contribution in [0.25, 0.3) is 0 Å². The molecule has 1 aliphatic rings. The number of aliphatic hydroxyl groups is 1. The van der Waals surface area contributed by atoms with Crippen LogP contribution >= 0.6 is 0 Å². The Kier molecular flexibility index (Phi) is 5.07. The molecule has 0 saturated heterocycles. The highest BCUT2D eigenvalue weighted by Gasteiger charge is 2.27. The van der Waals surface area contributed by atoms with Gasteiger partial charge in [0.1, 0.15) is 6.26 Å². The maximum Gasteiger partial charge on any atom is 0.387 e. The summed E-state index contributed by atoms with van der Waals surface area (Å²) in [6.45, 7) is 0.522. The summed E-state index contributed by atoms with van der Waals surface area (Å²) in [5.41, 5.74) is 1.34. The third-order valence-corrected chi connectivity index (χ3v) is 3.13. The van der Waals surface area contributed by atoms with E-state index in [2.05, 4.69) is 4.74 Å². The maximum absolute atomic E-state index is 12.5. The Morgan fingerprint density at radius 1 is 1.27 bits per heavy atom. The molecule has 1 aromatic carbocycles. The highest BCUT2D eigenvalue weighted by molar-refractivity contribution is 5.44. The molecule has 1 aromatic rings. The smallest absolute Gasteiger partial charge is 0.387 e. The molecule has 0 aliphatic carbocycles. The van der Waals surface area contributed by atoms with E-state index in [1.54, 1.807) is 37.9 Å². The summed E-state index contributed by atoms with van der Waals surface area (Å²) in [5.74, 6) is 0.200. The first-order chi connectivity index (χ1) is 10.4. The molecule has 0 fully saturated rings. The Labute approximate surface area is 127 Å². The number of rotatable bonds is 6. The van der Waals surface area contributed by atoms with Crippen molar-refractivity contribution in [2.24, 2.45) is 0 Å². The van der Waals surface area contributed by atoms with E-state index in [-0.39, 0.29) is 24.2 Å². The van der Waals surface area contributed by atoms with Crippen molar-refractivity contribution >= 4 is 0 Å². The fourth-order valence-electron chi connectivity index (χ4n) is 2.14. The number of ether oxygens (including phenoxy) is 3. The van der Waals surface area contributed by atoms with E-state index in [1.165, 1.54) is 12.3 Å². The quantitative estimate of drug-likeness (QED) is 0.875. The number of hydrogen-bond donors (Lipinski definition) is 1. The second-order valence-electron chi connectivity index (χ2n) is 5.12. The summed E-state index contributed by atoms with van der Waals surface area (Å²) in [6.07, 6.45) is 0.831. The Bertz CT molecular complexity index is 548. The zero-order chi connectivity index (χ0) is 16.3. The van der Waals surface area contributed by atoms with Crippen molar-refractivity contribution in [3.63, 3.8) is 0 Å². The minimum atomic E-state index is -2.92. The Hall–Kier alpha value is -2.02. The van der Waals surface area contributed by atoms with Crippen molar-refractivity contribution < 1.29 is 28.1 Å². The Morgan fingerprint density at radius 3 is 2.55 bits per heavy atom. The zero-order valence-corrected chi connectivity index (χ0v) is 12.6. The molecule has 22 heavy (non-hydrogen) atoms. The molecular formula is C15H19F2NO4. The highest BCUT2D eigenvalue weighted by atomic mass is 19.3. The fourth-order valence-corrected chi connectivity index (χ4v) is 2.14. The molecule has 1 N–H and O–H groups in total. The second kappa shape index (κ2) is 6.83. The zero-order valence-electron chi connectivity index (χ0n) is 12.6. The Morgan fingerprint density at radius 2 is 2.00 bits per heavy atom. The van der Waals surface area contributed by atoms with Gasteiger partial charge in [-0.15, -0.1) is 0 Å². The molecule has 0 amide bonds. The largest absolute Gasteiger partial charge is 0.487 e. The van der Waals surface area contributed by atoms with Crippen molar-refractivity contribution in [2.75, 3.05) is 13.7 Å². The van der Waals surface area contributed by atoms with Crippen LogP contribution in [-0.4, -0.2) is 36.4 Å². The van der Waals surface area contributed by atoms with E-state index in [0.29, 0.717) is 11.3 Å². The summed E-state index contributed by atoms with van der Waals surface area (Å²) < 4.78 is 40.4. The molecule has 7 heteroatoms. The SMILES string of the molecule is CC(C)Oc1cc(C2OC=C(CO)N2C)ccc1OC(F)F. The van der Waals surface area contributed by atoms with Gasteiger partial charge >= 0.3 is 6.61 Å². The molecule has 0 spiro atoms. The molecule has 1 unspecified atom stereocenters. The van der Waals surface area contributed by atoms with Gasteiger partial charge in [0.05, 0.1) is 18.4 Å². The molecule has 0 radical (unpaired) electrons. The molecule has 1 aliphatic heterocycles. The minimum Gasteiger partial charge on any atom is -0.487 e. The highest BCUT2D eigenvalue weighted by Crippen LogP contribution is 2.37. The number of likely N-dealkylation sites (N-methyl/N-ethyl adjacent to an activating group) is 1. The summed E-state index contributed by atoms with van der Waals surface area (Å²) >= 11 is 0. The lowest BCUT2D eigenvalue weighted by Gasteiger charge is -2.24. The summed E-state index contributed by atoms with van der Waals surface area (Å²) in [6, 6.07) is 4.65. The summed E-state index contributed by atoms with van der Waals surface area (Å²) in [7, 11) is 1.77. The molecule has 0 saturated carbocycles. The average Bonchev–Trinajstić information content (AvgIpc) is 2.80. The predicted octanol–water partition coefficient (Wildman–Crippen LogP) is 2.87. The predicted molar refractivity (Wildman–Crippen MR) is 75.6 cm³/mol. The lowest BCUT2D eigenvalue weighted by atomic mass is 10.1. The molecule has 122 valence electrons. The van der Waals surface area contributed by atoms with Crippen molar-refractivity contribution in [3.05, 3.63) is 35.7 Å². The summed E-state index contributed by atoms with van der Waals surface area (Å²) in [4.78, 5) is 1.75. The van der Waals surface area contributed by atoms with Crippen LogP contribution < -0.4 is 9.47 Å². The number of hydrogen-bond acceptors (Lipinski definition) is 5. The summed E-state index contributed by atoms with van der Waals surface area (Å²) in [5, 5.41) is 9.20. The van der Waals surface area contributed by atoms with Crippen LogP contribution in [0.5, 0.6) is 11.5 Å². The first kappa shape index (κ1) is 16.4. The van der Waals surface area contributed by atoms with Gasteiger partial charge in [0.15, 0.2) is 17.7 Å². The van der Waals surface area contributed by atoms with Crippen LogP contribution in [0.2, 0.25) is 0 Å². The van der Waals surface area contributed by atoms with Gasteiger partial charge in [-0.05, 0) is 32.0 Å². The lowest BCUT2D eigenvalue weighted by molar-refractivity contribution is -0.0519. The number of benzene rings is 1. The first-order valence-corrected chi connectivity index (χ1v) is 6.86. The van der Waals surface area contributed by atoms with Crippen molar-refractivity contribution in [1.29, 1.82) is 0 Å². The van der Waals surface area contributed by atoms with Gasteiger partial charge in [0.25, 0.3) is 0 Å². The Balaban J connectivity index is 2.27. The van der Waals surface area contributed by atoms with Crippen LogP contribution in [-0.2, 0) is 4.74 Å². The van der Waals surface area contributed by atoms with Gasteiger partial charge in [-0.1, -0.05) is 0 Å². The van der Waals surface area contributed by atoms with E-state index in [1.807, 2.05) is 0 Å². The molecule has 2 rings (SSSR count). The van der Waals surface area contributed by atoms with Crippen LogP contribution in [0.1, 0.15) is 25.6 Å². The third kappa shape index (κ3) is 3.59. The van der Waals surface area contributed by atoms with Crippen LogP contribution in [0.15, 0.2) is 30.2 Å². The van der Waals surface area contributed by atoms with Crippen molar-refractivity contribution in [3.8, 4) is 11.5 Å². The van der Waals surface area contributed by atoms with E-state index in [0.717, 1.165) is 0 Å². The van der Waals surface area contributed by atoms with Crippen LogP contribution in [0.3, 0.4) is 0 Å². The van der Waals surface area contributed by atoms with Gasteiger partial charge in [-0.2, -0.15) is 8.78 Å². The molecule has 1 atom stereocenters. The third-order valence-electron chi connectivity index (χ3n) is 3.13. The van der Waals surface area contributed by atoms with E-state index >= 15 is 0 Å². The molecular weight excluding hydrogens is 296 g/mol. The van der Waals surface area contributed by atoms with E-state index in [9.17, 15) is 13.9 Å². The number of nitrogens with zero attached hydrogens (tertiary/aromatic N) is 1. The van der Waals surface area contributed by atoms with Gasteiger partial charge < -0.3 is 24.2 Å². The van der Waals surface area contributed by atoms with E-state index in [4.69, 9.17) is 9.47 Å². The molecule has 1 heterocycles. The maximum atomic E-state index is 12.5. The lowest BCUT2D eigenvalue weighted by Crippen LogP contribution is -2.21. The first-order valence-electron chi connectivity index (χ1n) is 6.86. The van der Waals surface area contributed by atoms with Crippen LogP contribution in [0.4, 0.5) is 8.78 Å². The van der Waals surface area contributed by atoms with Gasteiger partial charge in [0, 0.05) is 12.6 Å². The number of aliphatic hydroxyl groups excluding tert-OH is 1. The van der Waals surface area contributed by atoms with Gasteiger partial charge in [0.2, 0.25) is 0 Å². The standard InChI is InChI=1S/C15H19F2NO4/c1-9(2)21-13-6-10(4-5-12(13)22-15(16)17)14-18(3)11(7-19)8-20-14/h4-6,8-9,14-15,19H,7H2,1-3H3. The van der Waals surface area contributed by atoms with Gasteiger partial charge in [-0.3, -0.25) is 0 Å². The molecule has 0 aromatic heterocycles. The van der Waals surface area contributed by atoms with Gasteiger partial charge in [-0.25, -0.2) is 0 Å². The second-order valence-corrected chi connectivity index (χ2v) is 5.12. The molecule has 0 bridgehead atoms. The normalized spacial score (nSPS) is 17.7. The average molecular weight is 315 g/mol. The monoisotopic (exact) mass is 315 g/mol. The number of alkyl halides is 2. The molecule has 5 nitrogen and oxygen atoms in total. The van der Waals surface area contributed by atoms with Crippen molar-refractivity contribution in [1.82, 2.24) is 4.90 Å². The topological polar surface area (TPSA) is 51.2 Å². The van der Waals surface area contributed by atoms with Crippen molar-refractivity contribution in [2.45, 2.75) is 32.8 Å². The minimum absolute atomic E-state index is 0.0246. The van der Waals surface area contributed by atoms with E-state index < -0.39 is 12.8 Å².